The predicted octanol–water partition coefficient (Wildman–Crippen LogP) is 3.07. The third-order valence-corrected chi connectivity index (χ3v) is 8.40. The molecule has 0 aromatic heterocycles. The number of thioether (sulfide) groups is 1. The van der Waals surface area contributed by atoms with E-state index in [-0.39, 0.29) is 5.76 Å². The summed E-state index contributed by atoms with van der Waals surface area (Å²) < 4.78 is 9.21. The molecule has 0 aliphatic carbocycles. The van der Waals surface area contributed by atoms with E-state index in [0.29, 0.717) is 6.61 Å². The van der Waals surface area contributed by atoms with Crippen LogP contribution < -0.4 is 0 Å². The zero-order valence-electron chi connectivity index (χ0n) is 17.2. The zero-order valence-corrected chi connectivity index (χ0v) is 19.6. The van der Waals surface area contributed by atoms with E-state index in [1.807, 2.05) is 37.3 Å². The van der Waals surface area contributed by atoms with Crippen molar-refractivity contribution < 1.29 is 29.3 Å². The number of aliphatic carboxylic acids is 1. The normalized spacial score (nSPS) is 29.7. The van der Waals surface area contributed by atoms with Gasteiger partial charge in [0.05, 0.1) is 0 Å². The quantitative estimate of drug-likeness (QED) is 0.245. The highest BCUT2D eigenvalue weighted by Crippen LogP contribution is 2.59. The second kappa shape index (κ2) is 8.53. The summed E-state index contributed by atoms with van der Waals surface area (Å²) in [4.78, 5) is 26.2. The highest BCUT2D eigenvalue weighted by atomic mass is 79.9. The number of hydrogen-bond donors (Lipinski definition) is 2. The minimum absolute atomic E-state index is 0.171. The molecule has 0 radical (unpaired) electrons. The lowest BCUT2D eigenvalue weighted by atomic mass is 9.86. The molecule has 2 unspecified atom stereocenters. The van der Waals surface area contributed by atoms with Gasteiger partial charge in [-0.15, -0.1) is 11.8 Å². The molecule has 2 N–H and O–H groups in total. The molecule has 9 heteroatoms. The highest BCUT2D eigenvalue weighted by Gasteiger charge is 2.73. The van der Waals surface area contributed by atoms with Crippen molar-refractivity contribution in [1.29, 1.82) is 0 Å². The Morgan fingerprint density at radius 2 is 2.00 bits per heavy atom. The van der Waals surface area contributed by atoms with Crippen molar-refractivity contribution in [2.24, 2.45) is 0 Å². The molecule has 1 aromatic rings. The minimum atomic E-state index is -1.40. The number of benzene rings is 1. The first-order chi connectivity index (χ1) is 14.0. The van der Waals surface area contributed by atoms with Crippen molar-refractivity contribution in [2.75, 3.05) is 6.61 Å². The molecule has 3 rings (SSSR count). The number of carboxylic acid groups (broad SMARTS) is 1. The van der Waals surface area contributed by atoms with E-state index in [4.69, 9.17) is 9.47 Å². The van der Waals surface area contributed by atoms with Crippen molar-refractivity contribution in [3.63, 3.8) is 0 Å². The van der Waals surface area contributed by atoms with Crippen LogP contribution in [0.3, 0.4) is 0 Å². The van der Waals surface area contributed by atoms with Gasteiger partial charge in [0.2, 0.25) is 5.91 Å². The Bertz CT molecular complexity index is 847. The number of nitrogens with zero attached hydrogens (tertiary/aromatic N) is 1. The molecule has 2 fully saturated rings. The molecule has 7 nitrogen and oxygen atoms in total. The van der Waals surface area contributed by atoms with Crippen LogP contribution in [0.25, 0.3) is 6.08 Å². The SMILES string of the molecule is CCO[C@@H](C)OC(=Cc1ccccc1)C(O)C1(Br)C(=O)N2[C@@H](C(=O)O)C(C)(C)S[C@@H]21. The molecule has 164 valence electrons. The number of halogens is 1. The van der Waals surface area contributed by atoms with Gasteiger partial charge < -0.3 is 24.6 Å². The Kier molecular flexibility index (Phi) is 6.57. The Hall–Kier alpha value is -1.55. The molecule has 0 bridgehead atoms. The number of rotatable bonds is 8. The number of carbonyl (C=O) groups is 2. The molecule has 0 spiro atoms. The first kappa shape index (κ1) is 23.1. The fourth-order valence-corrected chi connectivity index (χ4v) is 6.44. The maximum absolute atomic E-state index is 13.1. The Morgan fingerprint density at radius 1 is 1.37 bits per heavy atom. The van der Waals surface area contributed by atoms with Crippen LogP contribution in [0.5, 0.6) is 0 Å². The smallest absolute Gasteiger partial charge is 0.327 e. The summed E-state index contributed by atoms with van der Waals surface area (Å²) in [5.74, 6) is -1.37. The number of β-lactam (4-membered cyclic amide) rings is 1. The number of ether oxygens (including phenoxy) is 2. The number of carbonyl (C=O) groups excluding carboxylic acids is 1. The van der Waals surface area contributed by atoms with Gasteiger partial charge in [0, 0.05) is 11.4 Å². The van der Waals surface area contributed by atoms with Crippen LogP contribution >= 0.6 is 27.7 Å². The van der Waals surface area contributed by atoms with E-state index in [1.54, 1.807) is 26.8 Å². The van der Waals surface area contributed by atoms with Crippen LogP contribution in [0.2, 0.25) is 0 Å². The van der Waals surface area contributed by atoms with E-state index in [2.05, 4.69) is 15.9 Å². The van der Waals surface area contributed by atoms with Crippen LogP contribution in [0.1, 0.15) is 33.3 Å². The highest BCUT2D eigenvalue weighted by molar-refractivity contribution is 9.10. The summed E-state index contributed by atoms with van der Waals surface area (Å²) in [7, 11) is 0. The maximum atomic E-state index is 13.1. The number of amides is 1. The Morgan fingerprint density at radius 3 is 2.57 bits per heavy atom. The molecule has 2 aliphatic heterocycles. The van der Waals surface area contributed by atoms with Gasteiger partial charge in [0.15, 0.2) is 10.6 Å². The van der Waals surface area contributed by atoms with Crippen molar-refractivity contribution in [2.45, 2.75) is 60.6 Å². The van der Waals surface area contributed by atoms with Gasteiger partial charge in [0.25, 0.3) is 0 Å². The van der Waals surface area contributed by atoms with E-state index in [1.165, 1.54) is 16.7 Å². The molecule has 5 atom stereocenters. The van der Waals surface area contributed by atoms with Gasteiger partial charge in [-0.2, -0.15) is 0 Å². The van der Waals surface area contributed by atoms with Crippen LogP contribution in [-0.2, 0) is 19.1 Å². The van der Waals surface area contributed by atoms with Gasteiger partial charge in [-0.05, 0) is 39.3 Å². The van der Waals surface area contributed by atoms with Crippen molar-refractivity contribution in [1.82, 2.24) is 4.90 Å². The number of aliphatic hydroxyl groups is 1. The summed E-state index contributed by atoms with van der Waals surface area (Å²) in [5, 5.41) is 20.4. The number of fused-ring (bicyclic) bond motifs is 1. The van der Waals surface area contributed by atoms with Crippen LogP contribution in [0, 0.1) is 0 Å². The second-order valence-corrected chi connectivity index (χ2v) is 10.8. The fourth-order valence-electron chi connectivity index (χ4n) is 3.86. The Balaban J connectivity index is 1.94. The lowest BCUT2D eigenvalue weighted by molar-refractivity contribution is -0.166. The average Bonchev–Trinajstić information content (AvgIpc) is 2.96. The monoisotopic (exact) mass is 499 g/mol. The molecule has 2 heterocycles. The van der Waals surface area contributed by atoms with Crippen molar-refractivity contribution in [3.8, 4) is 0 Å². The summed E-state index contributed by atoms with van der Waals surface area (Å²) >= 11 is 4.81. The molecular weight excluding hydrogens is 474 g/mol. The summed E-state index contributed by atoms with van der Waals surface area (Å²) in [6, 6.07) is 8.32. The third-order valence-electron chi connectivity index (χ3n) is 5.24. The largest absolute Gasteiger partial charge is 0.480 e. The molecule has 2 aliphatic rings. The van der Waals surface area contributed by atoms with Crippen LogP contribution in [-0.4, -0.2) is 66.5 Å². The summed E-state index contributed by atoms with van der Waals surface area (Å²) in [6.45, 7) is 7.54. The number of aliphatic hydroxyl groups excluding tert-OH is 1. The molecule has 1 aromatic carbocycles. The van der Waals surface area contributed by atoms with Gasteiger partial charge in [0.1, 0.15) is 23.3 Å². The molecule has 0 saturated carbocycles. The van der Waals surface area contributed by atoms with Crippen LogP contribution in [0.15, 0.2) is 36.1 Å². The first-order valence-corrected chi connectivity index (χ1v) is 11.4. The van der Waals surface area contributed by atoms with Crippen LogP contribution in [0.4, 0.5) is 0 Å². The topological polar surface area (TPSA) is 96.3 Å². The molecule has 30 heavy (non-hydrogen) atoms. The summed E-state index contributed by atoms with van der Waals surface area (Å²) in [6.07, 6.45) is -0.315. The number of hydrogen-bond acceptors (Lipinski definition) is 6. The van der Waals surface area contributed by atoms with E-state index >= 15 is 0 Å². The lowest BCUT2D eigenvalue weighted by Crippen LogP contribution is -2.74. The fraction of sp³-hybridized carbons (Fsp3) is 0.524. The van der Waals surface area contributed by atoms with Gasteiger partial charge >= 0.3 is 5.97 Å². The maximum Gasteiger partial charge on any atom is 0.327 e. The number of alkyl halides is 1. The zero-order chi connectivity index (χ0) is 22.3. The molecule has 1 amide bonds. The Labute approximate surface area is 188 Å². The van der Waals surface area contributed by atoms with Gasteiger partial charge in [-0.3, -0.25) is 4.79 Å². The van der Waals surface area contributed by atoms with E-state index < -0.39 is 44.8 Å². The van der Waals surface area contributed by atoms with E-state index in [9.17, 15) is 19.8 Å². The third kappa shape index (κ3) is 3.88. The average molecular weight is 500 g/mol. The first-order valence-electron chi connectivity index (χ1n) is 9.69. The van der Waals surface area contributed by atoms with Crippen molar-refractivity contribution in [3.05, 3.63) is 41.7 Å². The molecule has 2 saturated heterocycles. The predicted molar refractivity (Wildman–Crippen MR) is 118 cm³/mol. The van der Waals surface area contributed by atoms with Gasteiger partial charge in [-0.25, -0.2) is 4.79 Å². The lowest BCUT2D eigenvalue weighted by Gasteiger charge is -2.51. The summed E-state index contributed by atoms with van der Waals surface area (Å²) in [5.41, 5.74) is 0.790. The standard InChI is InChI=1S/C21H26BrNO6S/c1-5-28-12(2)29-14(11-13-9-7-6-8-10-13)16(24)21(22)18(27)23-15(17(25)26)20(3,4)30-19(21)23/h6-12,15-16,19,24H,5H2,1-4H3,(H,25,26)/t12-,15+,16?,19-,21?/m1/s1. The van der Waals surface area contributed by atoms with Crippen molar-refractivity contribution >= 4 is 45.6 Å². The minimum Gasteiger partial charge on any atom is -0.480 e. The number of carboxylic acids is 1. The van der Waals surface area contributed by atoms with Gasteiger partial charge in [-0.1, -0.05) is 46.3 Å². The second-order valence-electron chi connectivity index (χ2n) is 7.80. The van der Waals surface area contributed by atoms with E-state index in [0.717, 1.165) is 5.56 Å². The molecular formula is C21H26BrNO6S.